The molecular formula is C15H24N2S. The van der Waals surface area contributed by atoms with Crippen LogP contribution in [0, 0.1) is 5.92 Å². The van der Waals surface area contributed by atoms with E-state index in [0.29, 0.717) is 6.04 Å². The van der Waals surface area contributed by atoms with Crippen LogP contribution in [0.1, 0.15) is 44.2 Å². The van der Waals surface area contributed by atoms with Crippen LogP contribution >= 0.6 is 11.3 Å². The SMILES string of the molecule is CC(c1ccsc1)N1CCCC(C2CCCN2)C1. The molecule has 0 bridgehead atoms. The van der Waals surface area contributed by atoms with Gasteiger partial charge in [0.2, 0.25) is 0 Å². The molecule has 3 heterocycles. The molecular weight excluding hydrogens is 240 g/mol. The summed E-state index contributed by atoms with van der Waals surface area (Å²) >= 11 is 1.82. The minimum Gasteiger partial charge on any atom is -0.314 e. The molecule has 0 saturated carbocycles. The van der Waals surface area contributed by atoms with Gasteiger partial charge in [-0.3, -0.25) is 4.90 Å². The summed E-state index contributed by atoms with van der Waals surface area (Å²) in [4.78, 5) is 2.69. The Balaban J connectivity index is 1.62. The topological polar surface area (TPSA) is 15.3 Å². The number of hydrogen-bond acceptors (Lipinski definition) is 3. The van der Waals surface area contributed by atoms with E-state index in [2.05, 4.69) is 34.0 Å². The molecule has 1 aromatic rings. The van der Waals surface area contributed by atoms with Crippen molar-refractivity contribution in [3.05, 3.63) is 22.4 Å². The van der Waals surface area contributed by atoms with E-state index in [1.807, 2.05) is 11.3 Å². The lowest BCUT2D eigenvalue weighted by Crippen LogP contribution is -2.44. The molecule has 3 heteroatoms. The minimum atomic E-state index is 0.598. The molecule has 2 fully saturated rings. The average Bonchev–Trinajstić information content (AvgIpc) is 3.11. The van der Waals surface area contributed by atoms with Crippen molar-refractivity contribution in [1.82, 2.24) is 10.2 Å². The Morgan fingerprint density at radius 3 is 3.06 bits per heavy atom. The van der Waals surface area contributed by atoms with E-state index in [1.54, 1.807) is 0 Å². The Labute approximate surface area is 114 Å². The van der Waals surface area contributed by atoms with Gasteiger partial charge in [-0.15, -0.1) is 0 Å². The Morgan fingerprint density at radius 2 is 2.33 bits per heavy atom. The normalized spacial score (nSPS) is 31.6. The number of piperidine rings is 1. The molecule has 0 aliphatic carbocycles. The standard InChI is InChI=1S/C15H24N2S/c1-12(14-6-9-18-11-14)17-8-3-4-13(10-17)15-5-2-7-16-15/h6,9,11-13,15-16H,2-5,7-8,10H2,1H3. The van der Waals surface area contributed by atoms with Gasteiger partial charge in [-0.25, -0.2) is 0 Å². The second-order valence-electron chi connectivity index (χ2n) is 5.83. The molecule has 2 saturated heterocycles. The van der Waals surface area contributed by atoms with Crippen molar-refractivity contribution in [2.75, 3.05) is 19.6 Å². The second kappa shape index (κ2) is 5.72. The van der Waals surface area contributed by atoms with Crippen molar-refractivity contribution in [1.29, 1.82) is 0 Å². The predicted octanol–water partition coefficient (Wildman–Crippen LogP) is 3.27. The molecule has 100 valence electrons. The lowest BCUT2D eigenvalue weighted by molar-refractivity contribution is 0.115. The molecule has 2 aliphatic heterocycles. The number of nitrogens with one attached hydrogen (secondary N) is 1. The fourth-order valence-corrected chi connectivity index (χ4v) is 4.30. The third-order valence-electron chi connectivity index (χ3n) is 4.73. The van der Waals surface area contributed by atoms with E-state index in [-0.39, 0.29) is 0 Å². The first-order valence-corrected chi connectivity index (χ1v) is 8.28. The van der Waals surface area contributed by atoms with Crippen LogP contribution in [-0.4, -0.2) is 30.6 Å². The number of likely N-dealkylation sites (tertiary alicyclic amines) is 1. The van der Waals surface area contributed by atoms with Gasteiger partial charge in [0.05, 0.1) is 0 Å². The van der Waals surface area contributed by atoms with E-state index in [0.717, 1.165) is 12.0 Å². The van der Waals surface area contributed by atoms with Crippen molar-refractivity contribution < 1.29 is 0 Å². The van der Waals surface area contributed by atoms with Gasteiger partial charge in [-0.05, 0) is 74.0 Å². The molecule has 3 unspecified atom stereocenters. The van der Waals surface area contributed by atoms with Crippen molar-refractivity contribution in [3.8, 4) is 0 Å². The molecule has 3 rings (SSSR count). The van der Waals surface area contributed by atoms with Crippen LogP contribution in [0.3, 0.4) is 0 Å². The monoisotopic (exact) mass is 264 g/mol. The molecule has 0 radical (unpaired) electrons. The van der Waals surface area contributed by atoms with Crippen molar-refractivity contribution in [3.63, 3.8) is 0 Å². The lowest BCUT2D eigenvalue weighted by Gasteiger charge is -2.39. The third kappa shape index (κ3) is 2.63. The Bertz CT molecular complexity index is 357. The fourth-order valence-electron chi connectivity index (χ4n) is 3.56. The average molecular weight is 264 g/mol. The zero-order valence-electron chi connectivity index (χ0n) is 11.3. The van der Waals surface area contributed by atoms with Crippen molar-refractivity contribution in [2.24, 2.45) is 5.92 Å². The maximum absolute atomic E-state index is 3.70. The maximum atomic E-state index is 3.70. The first-order chi connectivity index (χ1) is 8.84. The molecule has 0 amide bonds. The Hall–Kier alpha value is -0.380. The van der Waals surface area contributed by atoms with Gasteiger partial charge in [0.15, 0.2) is 0 Å². The number of nitrogens with zero attached hydrogens (tertiary/aromatic N) is 1. The van der Waals surface area contributed by atoms with E-state index >= 15 is 0 Å². The van der Waals surface area contributed by atoms with Crippen LogP contribution in [0.2, 0.25) is 0 Å². The summed E-state index contributed by atoms with van der Waals surface area (Å²) in [6.07, 6.45) is 5.56. The van der Waals surface area contributed by atoms with E-state index < -0.39 is 0 Å². The highest BCUT2D eigenvalue weighted by molar-refractivity contribution is 7.07. The molecule has 1 aromatic heterocycles. The van der Waals surface area contributed by atoms with Crippen LogP contribution in [0.15, 0.2) is 16.8 Å². The molecule has 3 atom stereocenters. The molecule has 2 nitrogen and oxygen atoms in total. The minimum absolute atomic E-state index is 0.598. The quantitative estimate of drug-likeness (QED) is 0.901. The smallest absolute Gasteiger partial charge is 0.0328 e. The summed E-state index contributed by atoms with van der Waals surface area (Å²) in [5.41, 5.74) is 1.50. The highest BCUT2D eigenvalue weighted by Crippen LogP contribution is 2.30. The van der Waals surface area contributed by atoms with Crippen molar-refractivity contribution in [2.45, 2.75) is 44.7 Å². The van der Waals surface area contributed by atoms with E-state index in [4.69, 9.17) is 0 Å². The molecule has 18 heavy (non-hydrogen) atoms. The molecule has 1 N–H and O–H groups in total. The van der Waals surface area contributed by atoms with E-state index in [1.165, 1.54) is 50.9 Å². The predicted molar refractivity (Wildman–Crippen MR) is 78.1 cm³/mol. The van der Waals surface area contributed by atoms with Gasteiger partial charge in [-0.2, -0.15) is 11.3 Å². The highest BCUT2D eigenvalue weighted by Gasteiger charge is 2.30. The zero-order valence-corrected chi connectivity index (χ0v) is 12.1. The van der Waals surface area contributed by atoms with Gasteiger partial charge in [0.1, 0.15) is 0 Å². The summed E-state index contributed by atoms with van der Waals surface area (Å²) in [6, 6.07) is 3.68. The van der Waals surface area contributed by atoms with Crippen LogP contribution in [-0.2, 0) is 0 Å². The van der Waals surface area contributed by atoms with Crippen LogP contribution in [0.5, 0.6) is 0 Å². The number of rotatable bonds is 3. The Morgan fingerprint density at radius 1 is 1.39 bits per heavy atom. The van der Waals surface area contributed by atoms with Crippen molar-refractivity contribution >= 4 is 11.3 Å². The van der Waals surface area contributed by atoms with Gasteiger partial charge < -0.3 is 5.32 Å². The van der Waals surface area contributed by atoms with Gasteiger partial charge >= 0.3 is 0 Å². The van der Waals surface area contributed by atoms with Crippen LogP contribution in [0.25, 0.3) is 0 Å². The summed E-state index contributed by atoms with van der Waals surface area (Å²) in [5.74, 6) is 0.877. The van der Waals surface area contributed by atoms with Crippen LogP contribution < -0.4 is 5.32 Å². The third-order valence-corrected chi connectivity index (χ3v) is 5.43. The largest absolute Gasteiger partial charge is 0.314 e. The summed E-state index contributed by atoms with van der Waals surface area (Å²) in [7, 11) is 0. The molecule has 0 aromatic carbocycles. The first-order valence-electron chi connectivity index (χ1n) is 7.34. The summed E-state index contributed by atoms with van der Waals surface area (Å²) < 4.78 is 0. The number of thiophene rings is 1. The number of hydrogen-bond donors (Lipinski definition) is 1. The summed E-state index contributed by atoms with van der Waals surface area (Å²) in [5, 5.41) is 8.20. The van der Waals surface area contributed by atoms with E-state index in [9.17, 15) is 0 Å². The van der Waals surface area contributed by atoms with Gasteiger partial charge in [0, 0.05) is 18.6 Å². The summed E-state index contributed by atoms with van der Waals surface area (Å²) in [6.45, 7) is 6.17. The molecule has 2 aliphatic rings. The highest BCUT2D eigenvalue weighted by atomic mass is 32.1. The van der Waals surface area contributed by atoms with Crippen LogP contribution in [0.4, 0.5) is 0 Å². The Kier molecular flexibility index (Phi) is 4.02. The zero-order chi connectivity index (χ0) is 12.4. The second-order valence-corrected chi connectivity index (χ2v) is 6.61. The van der Waals surface area contributed by atoms with Gasteiger partial charge in [-0.1, -0.05) is 0 Å². The maximum Gasteiger partial charge on any atom is 0.0328 e. The first kappa shape index (κ1) is 12.6. The fraction of sp³-hybridized carbons (Fsp3) is 0.733. The molecule has 0 spiro atoms. The van der Waals surface area contributed by atoms with Gasteiger partial charge in [0.25, 0.3) is 0 Å². The lowest BCUT2D eigenvalue weighted by atomic mass is 9.88.